The van der Waals surface area contributed by atoms with E-state index in [4.69, 9.17) is 10.5 Å². The molecule has 2 aromatic carbocycles. The number of nitrogens with two attached hydrogens (primary N) is 1. The molecule has 0 bridgehead atoms. The van der Waals surface area contributed by atoms with Gasteiger partial charge in [-0.25, -0.2) is 0 Å². The Morgan fingerprint density at radius 3 is 2.48 bits per heavy atom. The molecule has 0 amide bonds. The third kappa shape index (κ3) is 5.57. The molecule has 2 rings (SSSR count). The van der Waals surface area contributed by atoms with Crippen molar-refractivity contribution in [2.24, 2.45) is 5.73 Å². The number of hydrogen-bond acceptors (Lipinski definition) is 4. The smallest absolute Gasteiger partial charge is 0.132 e. The average Bonchev–Trinajstić information content (AvgIpc) is 2.60. The highest BCUT2D eigenvalue weighted by molar-refractivity contribution is 7.98. The predicted molar refractivity (Wildman–Crippen MR) is 99.3 cm³/mol. The Morgan fingerprint density at radius 2 is 1.83 bits per heavy atom. The topological polar surface area (TPSA) is 38.5 Å². The van der Waals surface area contributed by atoms with Gasteiger partial charge in [-0.2, -0.15) is 0 Å². The monoisotopic (exact) mass is 330 g/mol. The number of ether oxygens (including phenoxy) is 1. The van der Waals surface area contributed by atoms with Crippen LogP contribution in [0.25, 0.3) is 0 Å². The van der Waals surface area contributed by atoms with Crippen LogP contribution in [0.1, 0.15) is 11.1 Å². The Morgan fingerprint density at radius 1 is 1.04 bits per heavy atom. The maximum Gasteiger partial charge on any atom is 0.132 e. The van der Waals surface area contributed by atoms with E-state index in [0.717, 1.165) is 31.8 Å². The van der Waals surface area contributed by atoms with Crippen molar-refractivity contribution in [3.8, 4) is 5.75 Å². The zero-order chi connectivity index (χ0) is 16.5. The van der Waals surface area contributed by atoms with Crippen molar-refractivity contribution in [1.82, 2.24) is 4.90 Å². The van der Waals surface area contributed by atoms with Crippen molar-refractivity contribution in [3.63, 3.8) is 0 Å². The summed E-state index contributed by atoms with van der Waals surface area (Å²) >= 11 is 1.71. The van der Waals surface area contributed by atoms with Crippen LogP contribution in [0.5, 0.6) is 5.75 Å². The molecular formula is C19H26N2OS. The minimum atomic E-state index is 0.675. The number of rotatable bonds is 9. The summed E-state index contributed by atoms with van der Waals surface area (Å²) in [7, 11) is 1.73. The summed E-state index contributed by atoms with van der Waals surface area (Å²) in [5, 5.41) is 0. The highest BCUT2D eigenvalue weighted by Crippen LogP contribution is 2.28. The fraction of sp³-hybridized carbons (Fsp3) is 0.368. The minimum absolute atomic E-state index is 0.675. The maximum absolute atomic E-state index is 5.78. The zero-order valence-corrected chi connectivity index (χ0v) is 14.8. The molecule has 0 saturated heterocycles. The van der Waals surface area contributed by atoms with Gasteiger partial charge < -0.3 is 10.5 Å². The molecule has 0 aromatic heterocycles. The van der Waals surface area contributed by atoms with E-state index in [2.05, 4.69) is 59.7 Å². The van der Waals surface area contributed by atoms with Gasteiger partial charge in [0.05, 0.1) is 7.11 Å². The van der Waals surface area contributed by atoms with Gasteiger partial charge in [0.15, 0.2) is 0 Å². The molecule has 0 aliphatic carbocycles. The number of nitrogens with zero attached hydrogens (tertiary/aromatic N) is 1. The Labute approximate surface area is 143 Å². The van der Waals surface area contributed by atoms with Gasteiger partial charge in [0.25, 0.3) is 0 Å². The van der Waals surface area contributed by atoms with Crippen LogP contribution in [-0.4, -0.2) is 37.9 Å². The third-order valence-electron chi connectivity index (χ3n) is 3.86. The van der Waals surface area contributed by atoms with E-state index in [1.807, 2.05) is 0 Å². The Kier molecular flexibility index (Phi) is 7.46. The van der Waals surface area contributed by atoms with Crippen LogP contribution in [0.2, 0.25) is 0 Å². The molecule has 23 heavy (non-hydrogen) atoms. The van der Waals surface area contributed by atoms with Gasteiger partial charge in [-0.1, -0.05) is 36.4 Å². The largest absolute Gasteiger partial charge is 0.496 e. The van der Waals surface area contributed by atoms with Gasteiger partial charge in [-0.05, 0) is 35.9 Å². The van der Waals surface area contributed by atoms with Gasteiger partial charge in [-0.15, -0.1) is 11.8 Å². The molecule has 0 unspecified atom stereocenters. The molecule has 2 aromatic rings. The summed E-state index contributed by atoms with van der Waals surface area (Å²) in [5.41, 5.74) is 8.41. The fourth-order valence-corrected chi connectivity index (χ4v) is 3.17. The highest BCUT2D eigenvalue weighted by Gasteiger charge is 2.09. The lowest BCUT2D eigenvalue weighted by molar-refractivity contribution is 0.276. The molecule has 0 atom stereocenters. The molecule has 4 heteroatoms. The van der Waals surface area contributed by atoms with Gasteiger partial charge in [-0.3, -0.25) is 4.90 Å². The Bertz CT molecular complexity index is 589. The van der Waals surface area contributed by atoms with E-state index in [9.17, 15) is 0 Å². The van der Waals surface area contributed by atoms with Gasteiger partial charge in [0, 0.05) is 31.1 Å². The highest BCUT2D eigenvalue weighted by atomic mass is 32.2. The van der Waals surface area contributed by atoms with Crippen molar-refractivity contribution < 1.29 is 4.74 Å². The summed E-state index contributed by atoms with van der Waals surface area (Å²) in [4.78, 5) is 3.58. The third-order valence-corrected chi connectivity index (χ3v) is 4.64. The van der Waals surface area contributed by atoms with E-state index in [0.29, 0.717) is 6.54 Å². The van der Waals surface area contributed by atoms with E-state index >= 15 is 0 Å². The number of hydrogen-bond donors (Lipinski definition) is 1. The first-order valence-electron chi connectivity index (χ1n) is 7.94. The predicted octanol–water partition coefficient (Wildman–Crippen LogP) is 3.42. The van der Waals surface area contributed by atoms with E-state index < -0.39 is 0 Å². The molecule has 124 valence electrons. The van der Waals surface area contributed by atoms with E-state index in [1.165, 1.54) is 16.0 Å². The first-order chi connectivity index (χ1) is 11.3. The molecule has 0 aliphatic heterocycles. The van der Waals surface area contributed by atoms with Crippen LogP contribution < -0.4 is 10.5 Å². The summed E-state index contributed by atoms with van der Waals surface area (Å²) < 4.78 is 5.48. The van der Waals surface area contributed by atoms with Crippen molar-refractivity contribution >= 4 is 11.8 Å². The van der Waals surface area contributed by atoms with Crippen LogP contribution in [0, 0.1) is 0 Å². The van der Waals surface area contributed by atoms with Crippen LogP contribution in [-0.2, 0) is 13.0 Å². The van der Waals surface area contributed by atoms with Gasteiger partial charge >= 0.3 is 0 Å². The first-order valence-corrected chi connectivity index (χ1v) is 9.16. The van der Waals surface area contributed by atoms with Crippen LogP contribution >= 0.6 is 11.8 Å². The van der Waals surface area contributed by atoms with Gasteiger partial charge in [0.1, 0.15) is 5.75 Å². The fourth-order valence-electron chi connectivity index (χ4n) is 2.62. The van der Waals surface area contributed by atoms with Crippen LogP contribution in [0.3, 0.4) is 0 Å². The lowest BCUT2D eigenvalue weighted by Crippen LogP contribution is -2.31. The molecule has 0 aliphatic rings. The quantitative estimate of drug-likeness (QED) is 0.715. The summed E-state index contributed by atoms with van der Waals surface area (Å²) in [6.07, 6.45) is 3.11. The van der Waals surface area contributed by atoms with Gasteiger partial charge in [0.2, 0.25) is 0 Å². The number of thioether (sulfide) groups is 1. The molecular weight excluding hydrogens is 304 g/mol. The summed E-state index contributed by atoms with van der Waals surface area (Å²) in [5.74, 6) is 0.950. The summed E-state index contributed by atoms with van der Waals surface area (Å²) in [6, 6.07) is 17.0. The zero-order valence-electron chi connectivity index (χ0n) is 14.0. The second-order valence-corrected chi connectivity index (χ2v) is 6.34. The number of methoxy groups -OCH3 is 1. The lowest BCUT2D eigenvalue weighted by atomic mass is 10.1. The maximum atomic E-state index is 5.78. The van der Waals surface area contributed by atoms with Crippen LogP contribution in [0.4, 0.5) is 0 Å². The van der Waals surface area contributed by atoms with E-state index in [1.54, 1.807) is 18.9 Å². The van der Waals surface area contributed by atoms with Crippen LogP contribution in [0.15, 0.2) is 53.4 Å². The SMILES string of the molecule is COc1cc(CN(CCN)CCc2ccccc2)ccc1SC. The molecule has 2 N–H and O–H groups in total. The normalized spacial score (nSPS) is 11.0. The minimum Gasteiger partial charge on any atom is -0.496 e. The molecule has 0 radical (unpaired) electrons. The molecule has 0 saturated carbocycles. The van der Waals surface area contributed by atoms with Crippen molar-refractivity contribution in [2.75, 3.05) is 33.0 Å². The van der Waals surface area contributed by atoms with Crippen molar-refractivity contribution in [1.29, 1.82) is 0 Å². The summed E-state index contributed by atoms with van der Waals surface area (Å²) in [6.45, 7) is 3.48. The standard InChI is InChI=1S/C19H26N2OS/c1-22-18-14-17(8-9-19(18)23-2)15-21(13-11-20)12-10-16-6-4-3-5-7-16/h3-9,14H,10-13,15,20H2,1-2H3. The molecule has 0 heterocycles. The molecule has 3 nitrogen and oxygen atoms in total. The number of benzene rings is 2. The second-order valence-electron chi connectivity index (χ2n) is 5.49. The second kappa shape index (κ2) is 9.60. The Hall–Kier alpha value is -1.49. The average molecular weight is 330 g/mol. The molecule has 0 fully saturated rings. The van der Waals surface area contributed by atoms with Crippen molar-refractivity contribution in [3.05, 3.63) is 59.7 Å². The van der Waals surface area contributed by atoms with Crippen molar-refractivity contribution in [2.45, 2.75) is 17.9 Å². The lowest BCUT2D eigenvalue weighted by Gasteiger charge is -2.22. The van der Waals surface area contributed by atoms with E-state index in [-0.39, 0.29) is 0 Å². The molecule has 0 spiro atoms. The first kappa shape index (κ1) is 17.9. The Balaban J connectivity index is 2.01.